The zero-order valence-corrected chi connectivity index (χ0v) is 11.0. The second kappa shape index (κ2) is 5.02. The predicted molar refractivity (Wildman–Crippen MR) is 69.0 cm³/mol. The molecular formula is C13H13BrFNO. The van der Waals surface area contributed by atoms with E-state index in [-0.39, 0.29) is 11.9 Å². The van der Waals surface area contributed by atoms with Crippen molar-refractivity contribution < 1.29 is 8.81 Å². The van der Waals surface area contributed by atoms with Crippen LogP contribution in [0.1, 0.15) is 25.1 Å². The van der Waals surface area contributed by atoms with Crippen molar-refractivity contribution in [2.75, 3.05) is 0 Å². The topological polar surface area (TPSA) is 39.2 Å². The van der Waals surface area contributed by atoms with Gasteiger partial charge in [-0.2, -0.15) is 0 Å². The fourth-order valence-corrected chi connectivity index (χ4v) is 1.92. The molecule has 2 N–H and O–H groups in total. The lowest BCUT2D eigenvalue weighted by atomic mass is 10.1. The molecule has 0 aliphatic rings. The number of rotatable bonds is 3. The summed E-state index contributed by atoms with van der Waals surface area (Å²) < 4.78 is 20.0. The van der Waals surface area contributed by atoms with Gasteiger partial charge in [-0.05, 0) is 36.8 Å². The van der Waals surface area contributed by atoms with Crippen LogP contribution >= 0.6 is 15.9 Å². The number of benzene rings is 1. The fourth-order valence-electron chi connectivity index (χ4n) is 1.59. The summed E-state index contributed by atoms with van der Waals surface area (Å²) in [5.74, 6) is 0.879. The Morgan fingerprint density at radius 2 is 2.12 bits per heavy atom. The summed E-state index contributed by atoms with van der Waals surface area (Å²) in [7, 11) is 0. The second-order valence-electron chi connectivity index (χ2n) is 3.84. The third kappa shape index (κ3) is 2.58. The fraction of sp³-hybridized carbons (Fsp3) is 0.231. The van der Waals surface area contributed by atoms with E-state index in [1.54, 1.807) is 24.3 Å². The number of hydrogen-bond donors (Lipinski definition) is 1. The lowest BCUT2D eigenvalue weighted by Gasteiger charge is -2.04. The Balaban J connectivity index is 2.37. The molecular weight excluding hydrogens is 285 g/mol. The minimum atomic E-state index is -0.314. The summed E-state index contributed by atoms with van der Waals surface area (Å²) in [6.07, 6.45) is 0.787. The zero-order chi connectivity index (χ0) is 12.4. The van der Waals surface area contributed by atoms with E-state index in [0.717, 1.165) is 6.42 Å². The van der Waals surface area contributed by atoms with Crippen LogP contribution in [0.3, 0.4) is 0 Å². The molecule has 17 heavy (non-hydrogen) atoms. The first-order valence-electron chi connectivity index (χ1n) is 5.42. The van der Waals surface area contributed by atoms with Gasteiger partial charge in [0, 0.05) is 4.47 Å². The molecule has 0 bridgehead atoms. The molecule has 0 aliphatic carbocycles. The van der Waals surface area contributed by atoms with Gasteiger partial charge in [-0.15, -0.1) is 0 Å². The molecule has 2 nitrogen and oxygen atoms in total. The number of hydrogen-bond acceptors (Lipinski definition) is 2. The molecule has 2 aromatic rings. The van der Waals surface area contributed by atoms with Gasteiger partial charge < -0.3 is 10.2 Å². The molecule has 4 heteroatoms. The van der Waals surface area contributed by atoms with Crippen molar-refractivity contribution in [2.24, 2.45) is 5.73 Å². The van der Waals surface area contributed by atoms with Gasteiger partial charge in [0.1, 0.15) is 17.3 Å². The van der Waals surface area contributed by atoms with Gasteiger partial charge in [-0.25, -0.2) is 4.39 Å². The minimum Gasteiger partial charge on any atom is -0.459 e. The van der Waals surface area contributed by atoms with Gasteiger partial charge in [0.15, 0.2) is 0 Å². The van der Waals surface area contributed by atoms with Crippen LogP contribution in [0.15, 0.2) is 39.2 Å². The maximum absolute atomic E-state index is 13.7. The Hall–Kier alpha value is -1.13. The lowest BCUT2D eigenvalue weighted by molar-refractivity contribution is 0.467. The van der Waals surface area contributed by atoms with Crippen molar-refractivity contribution in [3.05, 3.63) is 46.4 Å². The minimum absolute atomic E-state index is 0.137. The Morgan fingerprint density at radius 1 is 1.35 bits per heavy atom. The Morgan fingerprint density at radius 3 is 2.76 bits per heavy atom. The monoisotopic (exact) mass is 297 g/mol. The highest BCUT2D eigenvalue weighted by molar-refractivity contribution is 9.10. The van der Waals surface area contributed by atoms with Crippen molar-refractivity contribution in [1.29, 1.82) is 0 Å². The Labute approximate surface area is 108 Å². The van der Waals surface area contributed by atoms with Crippen LogP contribution in [0.5, 0.6) is 0 Å². The van der Waals surface area contributed by atoms with Crippen LogP contribution < -0.4 is 5.73 Å². The van der Waals surface area contributed by atoms with E-state index in [1.807, 2.05) is 6.92 Å². The average molecular weight is 298 g/mol. The van der Waals surface area contributed by atoms with Crippen LogP contribution in [0.2, 0.25) is 0 Å². The van der Waals surface area contributed by atoms with Crippen LogP contribution in [0, 0.1) is 5.82 Å². The third-order valence-corrected chi connectivity index (χ3v) is 3.12. The van der Waals surface area contributed by atoms with E-state index < -0.39 is 0 Å². The van der Waals surface area contributed by atoms with E-state index >= 15 is 0 Å². The molecule has 0 radical (unpaired) electrons. The average Bonchev–Trinajstić information content (AvgIpc) is 2.77. The van der Waals surface area contributed by atoms with Gasteiger partial charge in [0.2, 0.25) is 0 Å². The first kappa shape index (κ1) is 12.3. The molecule has 1 unspecified atom stereocenters. The number of halogens is 2. The van der Waals surface area contributed by atoms with Crippen LogP contribution in [-0.2, 0) is 0 Å². The quantitative estimate of drug-likeness (QED) is 0.919. The highest BCUT2D eigenvalue weighted by atomic mass is 79.9. The normalized spacial score (nSPS) is 12.7. The molecule has 1 aromatic heterocycles. The third-order valence-electron chi connectivity index (χ3n) is 2.63. The summed E-state index contributed by atoms with van der Waals surface area (Å²) >= 11 is 3.22. The van der Waals surface area contributed by atoms with E-state index in [0.29, 0.717) is 21.6 Å². The number of furan rings is 1. The summed E-state index contributed by atoms with van der Waals surface area (Å²) in [4.78, 5) is 0. The summed E-state index contributed by atoms with van der Waals surface area (Å²) in [5, 5.41) is 0. The largest absolute Gasteiger partial charge is 0.459 e. The Kier molecular flexibility index (Phi) is 3.64. The van der Waals surface area contributed by atoms with Crippen molar-refractivity contribution >= 4 is 15.9 Å². The molecule has 0 amide bonds. The molecule has 1 heterocycles. The molecule has 0 saturated heterocycles. The SMILES string of the molecule is CCC(N)c1ccc(-c2ccc(Br)cc2F)o1. The van der Waals surface area contributed by atoms with Gasteiger partial charge in [-0.3, -0.25) is 0 Å². The van der Waals surface area contributed by atoms with Crippen molar-refractivity contribution in [3.8, 4) is 11.3 Å². The van der Waals surface area contributed by atoms with Gasteiger partial charge >= 0.3 is 0 Å². The van der Waals surface area contributed by atoms with Crippen molar-refractivity contribution in [1.82, 2.24) is 0 Å². The predicted octanol–water partition coefficient (Wildman–Crippen LogP) is 4.26. The maximum Gasteiger partial charge on any atom is 0.137 e. The van der Waals surface area contributed by atoms with E-state index in [2.05, 4.69) is 15.9 Å². The first-order chi connectivity index (χ1) is 8.11. The number of nitrogens with two attached hydrogens (primary N) is 1. The highest BCUT2D eigenvalue weighted by Gasteiger charge is 2.13. The summed E-state index contributed by atoms with van der Waals surface area (Å²) in [6, 6.07) is 8.28. The first-order valence-corrected chi connectivity index (χ1v) is 6.22. The maximum atomic E-state index is 13.7. The smallest absolute Gasteiger partial charge is 0.137 e. The van der Waals surface area contributed by atoms with Gasteiger partial charge in [-0.1, -0.05) is 22.9 Å². The van der Waals surface area contributed by atoms with Gasteiger partial charge in [0.05, 0.1) is 11.6 Å². The van der Waals surface area contributed by atoms with Crippen LogP contribution in [-0.4, -0.2) is 0 Å². The molecule has 0 saturated carbocycles. The molecule has 0 fully saturated rings. The van der Waals surface area contributed by atoms with E-state index in [1.165, 1.54) is 6.07 Å². The van der Waals surface area contributed by atoms with Gasteiger partial charge in [0.25, 0.3) is 0 Å². The second-order valence-corrected chi connectivity index (χ2v) is 4.76. The Bertz CT molecular complexity index is 524. The molecule has 1 aromatic carbocycles. The summed E-state index contributed by atoms with van der Waals surface area (Å²) in [5.41, 5.74) is 6.30. The highest BCUT2D eigenvalue weighted by Crippen LogP contribution is 2.29. The standard InChI is InChI=1S/C13H13BrFNO/c1-2-11(16)13-6-5-12(17-13)9-4-3-8(14)7-10(9)15/h3-7,11H,2,16H2,1H3. The molecule has 2 rings (SSSR count). The molecule has 0 spiro atoms. The summed E-state index contributed by atoms with van der Waals surface area (Å²) in [6.45, 7) is 1.98. The van der Waals surface area contributed by atoms with Crippen LogP contribution in [0.25, 0.3) is 11.3 Å². The van der Waals surface area contributed by atoms with Crippen molar-refractivity contribution in [3.63, 3.8) is 0 Å². The molecule has 90 valence electrons. The van der Waals surface area contributed by atoms with E-state index in [4.69, 9.17) is 10.2 Å². The zero-order valence-electron chi connectivity index (χ0n) is 9.41. The lowest BCUT2D eigenvalue weighted by Crippen LogP contribution is -2.06. The van der Waals surface area contributed by atoms with Crippen LogP contribution in [0.4, 0.5) is 4.39 Å². The molecule has 0 aliphatic heterocycles. The van der Waals surface area contributed by atoms with Crippen molar-refractivity contribution in [2.45, 2.75) is 19.4 Å². The molecule has 1 atom stereocenters. The van der Waals surface area contributed by atoms with E-state index in [9.17, 15) is 4.39 Å².